The molecule has 1 N–H and O–H groups in total. The molecule has 26 heavy (non-hydrogen) atoms. The number of carbonyl (C=O) groups is 2. The number of aryl methyl sites for hydroxylation is 1. The first-order valence-electron chi connectivity index (χ1n) is 8.49. The highest BCUT2D eigenvalue weighted by atomic mass is 16.7. The standard InChI is InChI=1S/C19H22N2O5/c1-5-21-11(2)8-15(12(21)3)19(23)26-13(4)18(22)20-14-6-7-16-17(9-14)25-10-24-16/h6-9,13H,5,10H2,1-4H3,(H,20,22)/t13-/m0/s1. The van der Waals surface area contributed by atoms with Crippen LogP contribution in [-0.2, 0) is 16.1 Å². The first kappa shape index (κ1) is 17.8. The van der Waals surface area contributed by atoms with Crippen molar-refractivity contribution in [3.05, 3.63) is 41.2 Å². The number of ether oxygens (including phenoxy) is 3. The normalized spacial score (nSPS) is 13.4. The lowest BCUT2D eigenvalue weighted by atomic mass is 10.2. The second-order valence-electron chi connectivity index (χ2n) is 6.13. The molecule has 0 radical (unpaired) electrons. The summed E-state index contributed by atoms with van der Waals surface area (Å²) >= 11 is 0. The molecule has 0 fully saturated rings. The van der Waals surface area contributed by atoms with Gasteiger partial charge in [0.05, 0.1) is 5.56 Å². The highest BCUT2D eigenvalue weighted by molar-refractivity contribution is 5.98. The third-order valence-corrected chi connectivity index (χ3v) is 4.40. The van der Waals surface area contributed by atoms with E-state index in [4.69, 9.17) is 14.2 Å². The molecule has 1 amide bonds. The minimum absolute atomic E-state index is 0.164. The Morgan fingerprint density at radius 3 is 2.65 bits per heavy atom. The summed E-state index contributed by atoms with van der Waals surface area (Å²) in [6, 6.07) is 6.87. The largest absolute Gasteiger partial charge is 0.454 e. The zero-order valence-electron chi connectivity index (χ0n) is 15.3. The second kappa shape index (κ2) is 7.11. The number of hydrogen-bond acceptors (Lipinski definition) is 5. The Morgan fingerprint density at radius 1 is 1.23 bits per heavy atom. The first-order chi connectivity index (χ1) is 12.4. The van der Waals surface area contributed by atoms with E-state index in [-0.39, 0.29) is 6.79 Å². The van der Waals surface area contributed by atoms with E-state index in [1.807, 2.05) is 25.3 Å². The van der Waals surface area contributed by atoms with Gasteiger partial charge in [-0.25, -0.2) is 4.79 Å². The summed E-state index contributed by atoms with van der Waals surface area (Å²) in [6.07, 6.45) is -0.933. The molecule has 1 atom stereocenters. The molecule has 0 aliphatic carbocycles. The van der Waals surface area contributed by atoms with Gasteiger partial charge in [-0.05, 0) is 45.9 Å². The van der Waals surface area contributed by atoms with Gasteiger partial charge in [0.1, 0.15) is 0 Å². The smallest absolute Gasteiger partial charge is 0.340 e. The van der Waals surface area contributed by atoms with Gasteiger partial charge < -0.3 is 24.1 Å². The van der Waals surface area contributed by atoms with Crippen molar-refractivity contribution in [3.63, 3.8) is 0 Å². The molecule has 3 rings (SSSR count). The summed E-state index contributed by atoms with van der Waals surface area (Å²) in [6.45, 7) is 8.28. The Balaban J connectivity index is 1.65. The summed E-state index contributed by atoms with van der Waals surface area (Å²) < 4.78 is 17.9. The molecule has 0 spiro atoms. The number of anilines is 1. The third kappa shape index (κ3) is 3.37. The zero-order chi connectivity index (χ0) is 18.8. The average Bonchev–Trinajstić information content (AvgIpc) is 3.18. The maximum Gasteiger partial charge on any atom is 0.340 e. The molecular weight excluding hydrogens is 336 g/mol. The highest BCUT2D eigenvalue weighted by Crippen LogP contribution is 2.34. The van der Waals surface area contributed by atoms with E-state index >= 15 is 0 Å². The fourth-order valence-corrected chi connectivity index (χ4v) is 2.99. The Bertz CT molecular complexity index is 856. The van der Waals surface area contributed by atoms with Gasteiger partial charge in [-0.15, -0.1) is 0 Å². The lowest BCUT2D eigenvalue weighted by molar-refractivity contribution is -0.123. The first-order valence-corrected chi connectivity index (χ1v) is 8.49. The topological polar surface area (TPSA) is 78.8 Å². The molecule has 1 aliphatic rings. The molecule has 7 heteroatoms. The molecule has 0 bridgehead atoms. The quantitative estimate of drug-likeness (QED) is 0.831. The molecule has 0 saturated carbocycles. The molecule has 0 unspecified atom stereocenters. The van der Waals surface area contributed by atoms with Crippen LogP contribution < -0.4 is 14.8 Å². The van der Waals surface area contributed by atoms with Gasteiger partial charge in [0.15, 0.2) is 17.6 Å². The van der Waals surface area contributed by atoms with Crippen molar-refractivity contribution >= 4 is 17.6 Å². The van der Waals surface area contributed by atoms with E-state index in [1.54, 1.807) is 31.2 Å². The Kier molecular flexibility index (Phi) is 4.88. The third-order valence-electron chi connectivity index (χ3n) is 4.40. The van der Waals surface area contributed by atoms with Crippen LogP contribution in [0.25, 0.3) is 0 Å². The van der Waals surface area contributed by atoms with Gasteiger partial charge in [0, 0.05) is 29.7 Å². The molecule has 2 aromatic rings. The van der Waals surface area contributed by atoms with Crippen LogP contribution in [0.3, 0.4) is 0 Å². The number of carbonyl (C=O) groups excluding carboxylic acids is 2. The maximum atomic E-state index is 12.4. The van der Waals surface area contributed by atoms with Gasteiger partial charge >= 0.3 is 5.97 Å². The van der Waals surface area contributed by atoms with Gasteiger partial charge in [-0.3, -0.25) is 4.79 Å². The number of nitrogens with one attached hydrogen (secondary N) is 1. The second-order valence-corrected chi connectivity index (χ2v) is 6.13. The van der Waals surface area contributed by atoms with Crippen LogP contribution in [0.2, 0.25) is 0 Å². The summed E-state index contributed by atoms with van der Waals surface area (Å²) in [5, 5.41) is 2.71. The van der Waals surface area contributed by atoms with Crippen molar-refractivity contribution in [2.45, 2.75) is 40.3 Å². The van der Waals surface area contributed by atoms with Gasteiger partial charge in [-0.2, -0.15) is 0 Å². The van der Waals surface area contributed by atoms with E-state index in [2.05, 4.69) is 5.32 Å². The van der Waals surface area contributed by atoms with Crippen LogP contribution in [0, 0.1) is 13.8 Å². The van der Waals surface area contributed by atoms with Gasteiger partial charge in [0.25, 0.3) is 5.91 Å². The monoisotopic (exact) mass is 358 g/mol. The molecule has 2 heterocycles. The molecule has 138 valence electrons. The molecular formula is C19H22N2O5. The van der Waals surface area contributed by atoms with E-state index < -0.39 is 18.0 Å². The molecule has 1 aliphatic heterocycles. The van der Waals surface area contributed by atoms with Crippen molar-refractivity contribution in [2.75, 3.05) is 12.1 Å². The highest BCUT2D eigenvalue weighted by Gasteiger charge is 2.23. The molecule has 0 saturated heterocycles. The molecule has 1 aromatic heterocycles. The average molecular weight is 358 g/mol. The van der Waals surface area contributed by atoms with Crippen LogP contribution in [0.5, 0.6) is 11.5 Å². The number of esters is 1. The van der Waals surface area contributed by atoms with Crippen LogP contribution in [0.4, 0.5) is 5.69 Å². The fourth-order valence-electron chi connectivity index (χ4n) is 2.99. The van der Waals surface area contributed by atoms with E-state index in [9.17, 15) is 9.59 Å². The predicted octanol–water partition coefficient (Wildman–Crippen LogP) is 3.04. The van der Waals surface area contributed by atoms with Crippen LogP contribution in [0.15, 0.2) is 24.3 Å². The number of hydrogen-bond donors (Lipinski definition) is 1. The summed E-state index contributed by atoms with van der Waals surface area (Å²) in [7, 11) is 0. The lowest BCUT2D eigenvalue weighted by Crippen LogP contribution is -2.30. The number of amides is 1. The number of aromatic nitrogens is 1. The SMILES string of the molecule is CCn1c(C)cc(C(=O)O[C@@H](C)C(=O)Nc2ccc3c(c2)OCO3)c1C. The van der Waals surface area contributed by atoms with Crippen molar-refractivity contribution in [1.29, 1.82) is 0 Å². The van der Waals surface area contributed by atoms with Crippen LogP contribution >= 0.6 is 0 Å². The summed E-state index contributed by atoms with van der Waals surface area (Å²) in [5.41, 5.74) is 2.84. The fraction of sp³-hybridized carbons (Fsp3) is 0.368. The lowest BCUT2D eigenvalue weighted by Gasteiger charge is -2.14. The number of benzene rings is 1. The van der Waals surface area contributed by atoms with Gasteiger partial charge in [-0.1, -0.05) is 0 Å². The number of rotatable bonds is 5. The number of nitrogens with zero attached hydrogens (tertiary/aromatic N) is 1. The summed E-state index contributed by atoms with van der Waals surface area (Å²) in [4.78, 5) is 24.7. The number of fused-ring (bicyclic) bond motifs is 1. The summed E-state index contributed by atoms with van der Waals surface area (Å²) in [5.74, 6) is 0.279. The van der Waals surface area contributed by atoms with Crippen molar-refractivity contribution in [2.24, 2.45) is 0 Å². The van der Waals surface area contributed by atoms with Crippen LogP contribution in [-0.4, -0.2) is 29.3 Å². The Labute approximate surface area is 151 Å². The molecule has 7 nitrogen and oxygen atoms in total. The van der Waals surface area contributed by atoms with E-state index in [0.29, 0.717) is 22.7 Å². The van der Waals surface area contributed by atoms with Crippen LogP contribution in [0.1, 0.15) is 35.6 Å². The van der Waals surface area contributed by atoms with Crippen molar-refractivity contribution in [1.82, 2.24) is 4.57 Å². The van der Waals surface area contributed by atoms with Gasteiger partial charge in [0.2, 0.25) is 6.79 Å². The van der Waals surface area contributed by atoms with E-state index in [1.165, 1.54) is 0 Å². The minimum atomic E-state index is -0.933. The predicted molar refractivity (Wildman–Crippen MR) is 95.7 cm³/mol. The minimum Gasteiger partial charge on any atom is -0.454 e. The zero-order valence-corrected chi connectivity index (χ0v) is 15.3. The Morgan fingerprint density at radius 2 is 1.96 bits per heavy atom. The van der Waals surface area contributed by atoms with Crippen molar-refractivity contribution in [3.8, 4) is 11.5 Å². The Hall–Kier alpha value is -2.96. The van der Waals surface area contributed by atoms with Crippen molar-refractivity contribution < 1.29 is 23.8 Å². The maximum absolute atomic E-state index is 12.4. The van der Waals surface area contributed by atoms with E-state index in [0.717, 1.165) is 17.9 Å². The molecule has 1 aromatic carbocycles.